The fraction of sp³-hybridized carbons (Fsp3) is 0.714. The summed E-state index contributed by atoms with van der Waals surface area (Å²) in [5.74, 6) is 2.58. The molecule has 1 aliphatic rings. The summed E-state index contributed by atoms with van der Waals surface area (Å²) in [7, 11) is 3.66. The first-order chi connectivity index (χ1) is 8.90. The van der Waals surface area contributed by atoms with Crippen LogP contribution in [0.25, 0.3) is 0 Å². The number of nitrogens with zero attached hydrogens (tertiary/aromatic N) is 2. The first-order valence-corrected chi connectivity index (χ1v) is 6.72. The molecule has 0 radical (unpaired) electrons. The van der Waals surface area contributed by atoms with Gasteiger partial charge in [0.15, 0.2) is 0 Å². The summed E-state index contributed by atoms with van der Waals surface area (Å²) in [5.41, 5.74) is 1.18. The summed E-state index contributed by atoms with van der Waals surface area (Å²) < 4.78 is 5.48. The van der Waals surface area contributed by atoms with Crippen LogP contribution in [0.15, 0.2) is 0 Å². The summed E-state index contributed by atoms with van der Waals surface area (Å²) in [6.45, 7) is 8.40. The molecule has 1 aliphatic carbocycles. The van der Waals surface area contributed by atoms with Gasteiger partial charge in [0.05, 0.1) is 6.10 Å². The lowest BCUT2D eigenvalue weighted by molar-refractivity contribution is -0.0795. The van der Waals surface area contributed by atoms with E-state index in [4.69, 9.17) is 4.74 Å². The second kappa shape index (κ2) is 4.96. The Morgan fingerprint density at radius 1 is 1.21 bits per heavy atom. The fourth-order valence-electron chi connectivity index (χ4n) is 2.71. The second-order valence-corrected chi connectivity index (χ2v) is 5.82. The van der Waals surface area contributed by atoms with E-state index in [2.05, 4.69) is 34.4 Å². The average Bonchev–Trinajstić information content (AvgIpc) is 2.37. The van der Waals surface area contributed by atoms with E-state index < -0.39 is 0 Å². The van der Waals surface area contributed by atoms with Gasteiger partial charge in [0.25, 0.3) is 0 Å². The Hall–Kier alpha value is -1.36. The number of ether oxygens (including phenoxy) is 1. The van der Waals surface area contributed by atoms with Crippen molar-refractivity contribution in [2.45, 2.75) is 46.3 Å². The molecule has 106 valence electrons. The predicted octanol–water partition coefficient (Wildman–Crippen LogP) is 2.36. The third-order valence-electron chi connectivity index (χ3n) is 4.27. The molecule has 1 heterocycles. The van der Waals surface area contributed by atoms with E-state index in [-0.39, 0.29) is 5.41 Å². The first-order valence-electron chi connectivity index (χ1n) is 6.72. The first kappa shape index (κ1) is 14.1. The Labute approximate surface area is 115 Å². The van der Waals surface area contributed by atoms with Crippen LogP contribution >= 0.6 is 0 Å². The number of methoxy groups -OCH3 is 1. The maximum Gasteiger partial charge on any atom is 0.135 e. The Kier molecular flexibility index (Phi) is 3.67. The molecule has 5 nitrogen and oxygen atoms in total. The highest BCUT2D eigenvalue weighted by atomic mass is 16.5. The number of aryl methyl sites for hydroxylation is 1. The second-order valence-electron chi connectivity index (χ2n) is 5.82. The molecule has 1 fully saturated rings. The zero-order valence-electron chi connectivity index (χ0n) is 12.7. The molecule has 0 aromatic carbocycles. The van der Waals surface area contributed by atoms with E-state index in [9.17, 15) is 0 Å². The number of hydrogen-bond donors (Lipinski definition) is 2. The maximum absolute atomic E-state index is 5.48. The monoisotopic (exact) mass is 264 g/mol. The Bertz CT molecular complexity index is 473. The van der Waals surface area contributed by atoms with Crippen molar-refractivity contribution in [3.8, 4) is 0 Å². The SMILES string of the molecule is CNc1nc(C)nc(NC2CC(OC)C2(C)C)c1C. The molecule has 0 aliphatic heterocycles. The van der Waals surface area contributed by atoms with Gasteiger partial charge < -0.3 is 15.4 Å². The van der Waals surface area contributed by atoms with Crippen LogP contribution < -0.4 is 10.6 Å². The summed E-state index contributed by atoms with van der Waals surface area (Å²) in [6.07, 6.45) is 1.33. The van der Waals surface area contributed by atoms with Crippen LogP contribution in [0.4, 0.5) is 11.6 Å². The van der Waals surface area contributed by atoms with Crippen LogP contribution in [0.5, 0.6) is 0 Å². The van der Waals surface area contributed by atoms with Crippen molar-refractivity contribution in [3.05, 3.63) is 11.4 Å². The van der Waals surface area contributed by atoms with Crippen molar-refractivity contribution < 1.29 is 4.74 Å². The smallest absolute Gasteiger partial charge is 0.135 e. The summed E-state index contributed by atoms with van der Waals surface area (Å²) >= 11 is 0. The van der Waals surface area contributed by atoms with Gasteiger partial charge in [-0.3, -0.25) is 0 Å². The van der Waals surface area contributed by atoms with Gasteiger partial charge in [-0.15, -0.1) is 0 Å². The van der Waals surface area contributed by atoms with Crippen LogP contribution in [0.3, 0.4) is 0 Å². The molecule has 5 heteroatoms. The molecule has 1 aromatic rings. The van der Waals surface area contributed by atoms with Crippen molar-refractivity contribution in [2.75, 3.05) is 24.8 Å². The van der Waals surface area contributed by atoms with Crippen LogP contribution in [0.2, 0.25) is 0 Å². The lowest BCUT2D eigenvalue weighted by Crippen LogP contribution is -2.57. The van der Waals surface area contributed by atoms with E-state index in [0.29, 0.717) is 12.1 Å². The van der Waals surface area contributed by atoms with Gasteiger partial charge in [-0.25, -0.2) is 9.97 Å². The number of nitrogens with one attached hydrogen (secondary N) is 2. The molecule has 1 saturated carbocycles. The van der Waals surface area contributed by atoms with E-state index >= 15 is 0 Å². The van der Waals surface area contributed by atoms with Crippen molar-refractivity contribution in [2.24, 2.45) is 5.41 Å². The van der Waals surface area contributed by atoms with E-state index in [1.165, 1.54) is 0 Å². The van der Waals surface area contributed by atoms with Crippen molar-refractivity contribution in [1.82, 2.24) is 9.97 Å². The van der Waals surface area contributed by atoms with Crippen LogP contribution in [0, 0.1) is 19.3 Å². The Morgan fingerprint density at radius 2 is 1.84 bits per heavy atom. The molecule has 2 N–H and O–H groups in total. The van der Waals surface area contributed by atoms with Gasteiger partial charge in [-0.1, -0.05) is 13.8 Å². The molecule has 0 amide bonds. The molecule has 19 heavy (non-hydrogen) atoms. The largest absolute Gasteiger partial charge is 0.381 e. The van der Waals surface area contributed by atoms with Crippen molar-refractivity contribution in [1.29, 1.82) is 0 Å². The predicted molar refractivity (Wildman–Crippen MR) is 77.7 cm³/mol. The Morgan fingerprint density at radius 3 is 2.37 bits per heavy atom. The third-order valence-corrected chi connectivity index (χ3v) is 4.27. The lowest BCUT2D eigenvalue weighted by atomic mass is 9.64. The molecule has 0 saturated heterocycles. The molecule has 1 aromatic heterocycles. The van der Waals surface area contributed by atoms with E-state index in [0.717, 1.165) is 29.4 Å². The molecule has 2 unspecified atom stereocenters. The lowest BCUT2D eigenvalue weighted by Gasteiger charge is -2.51. The van der Waals surface area contributed by atoms with E-state index in [1.807, 2.05) is 20.9 Å². The van der Waals surface area contributed by atoms with Crippen LogP contribution in [-0.2, 0) is 4.74 Å². The quantitative estimate of drug-likeness (QED) is 0.874. The van der Waals surface area contributed by atoms with Gasteiger partial charge in [0, 0.05) is 31.2 Å². The Balaban J connectivity index is 2.19. The maximum atomic E-state index is 5.48. The molecule has 2 rings (SSSR count). The third kappa shape index (κ3) is 2.39. The van der Waals surface area contributed by atoms with E-state index in [1.54, 1.807) is 7.11 Å². The fourth-order valence-corrected chi connectivity index (χ4v) is 2.71. The molecule has 0 spiro atoms. The highest BCUT2D eigenvalue weighted by Crippen LogP contribution is 2.44. The van der Waals surface area contributed by atoms with Gasteiger partial charge in [-0.2, -0.15) is 0 Å². The zero-order valence-corrected chi connectivity index (χ0v) is 12.7. The van der Waals surface area contributed by atoms with Gasteiger partial charge >= 0.3 is 0 Å². The van der Waals surface area contributed by atoms with Crippen molar-refractivity contribution >= 4 is 11.6 Å². The minimum Gasteiger partial charge on any atom is -0.381 e. The zero-order chi connectivity index (χ0) is 14.2. The molecular formula is C14H24N4O. The van der Waals surface area contributed by atoms with Gasteiger partial charge in [-0.05, 0) is 20.3 Å². The highest BCUT2D eigenvalue weighted by Gasteiger charge is 2.48. The normalized spacial score (nSPS) is 24.7. The minimum atomic E-state index is 0.125. The summed E-state index contributed by atoms with van der Waals surface area (Å²) in [6, 6.07) is 0.384. The van der Waals surface area contributed by atoms with Gasteiger partial charge in [0.1, 0.15) is 17.5 Å². The van der Waals surface area contributed by atoms with Crippen molar-refractivity contribution in [3.63, 3.8) is 0 Å². The minimum absolute atomic E-state index is 0.125. The standard InChI is InChI=1S/C14H24N4O/c1-8-12(15-5)16-9(2)17-13(8)18-10-7-11(19-6)14(10,3)4/h10-11H,7H2,1-6H3,(H2,15,16,17,18). The average molecular weight is 264 g/mol. The van der Waals surface area contributed by atoms with Gasteiger partial charge in [0.2, 0.25) is 0 Å². The topological polar surface area (TPSA) is 59.1 Å². The number of rotatable bonds is 4. The summed E-state index contributed by atoms with van der Waals surface area (Å²) in [4.78, 5) is 8.90. The molecule has 2 atom stereocenters. The molecule has 0 bridgehead atoms. The van der Waals surface area contributed by atoms with Crippen LogP contribution in [-0.4, -0.2) is 36.3 Å². The van der Waals surface area contributed by atoms with Crippen LogP contribution in [0.1, 0.15) is 31.7 Å². The number of hydrogen-bond acceptors (Lipinski definition) is 5. The molecular weight excluding hydrogens is 240 g/mol. The highest BCUT2D eigenvalue weighted by molar-refractivity contribution is 5.57. The number of aromatic nitrogens is 2. The summed E-state index contributed by atoms with van der Waals surface area (Å²) in [5, 5.41) is 6.66. The number of anilines is 2.